The van der Waals surface area contributed by atoms with Crippen LogP contribution in [0.2, 0.25) is 0 Å². The van der Waals surface area contributed by atoms with Crippen molar-refractivity contribution in [3.63, 3.8) is 0 Å². The van der Waals surface area contributed by atoms with Crippen LogP contribution < -0.4 is 0 Å². The molecule has 44 heavy (non-hydrogen) atoms. The monoisotopic (exact) mass is 601 g/mol. The van der Waals surface area contributed by atoms with Gasteiger partial charge in [-0.1, -0.05) is 191 Å². The van der Waals surface area contributed by atoms with Gasteiger partial charge < -0.3 is 9.80 Å². The van der Waals surface area contributed by atoms with Gasteiger partial charge >= 0.3 is 0 Å². The number of unbranched alkanes of at least 4 members (excludes halogenated alkanes) is 17. The highest BCUT2D eigenvalue weighted by molar-refractivity contribution is 5.30. The molecule has 0 saturated carbocycles. The van der Waals surface area contributed by atoms with E-state index in [0.29, 0.717) is 5.92 Å². The second-order valence-electron chi connectivity index (χ2n) is 13.6. The molecule has 1 aliphatic heterocycles. The van der Waals surface area contributed by atoms with E-state index in [-0.39, 0.29) is 5.66 Å². The Hall–Kier alpha value is -2.22. The molecule has 2 heteroatoms. The summed E-state index contributed by atoms with van der Waals surface area (Å²) >= 11 is 0. The van der Waals surface area contributed by atoms with Crippen molar-refractivity contribution in [3.05, 3.63) is 84.2 Å². The maximum Gasteiger partial charge on any atom is 0.123 e. The lowest BCUT2D eigenvalue weighted by Crippen LogP contribution is -2.59. The molecule has 2 unspecified atom stereocenters. The summed E-state index contributed by atoms with van der Waals surface area (Å²) in [6.07, 6.45) is 33.5. The Balaban J connectivity index is 1.63. The third kappa shape index (κ3) is 11.9. The maximum absolute atomic E-state index is 2.77. The first-order valence-electron chi connectivity index (χ1n) is 19.1. The molecule has 2 aromatic carbocycles. The summed E-state index contributed by atoms with van der Waals surface area (Å²) in [6.45, 7) is 9.33. The standard InChI is InChI=1S/C42H68N2/c1-4-7-9-11-13-14-15-16-17-18-19-21-29-35-44-37-36-43(34-28-20-12-10-8-5-2)42(44,38-39-30-24-22-25-31-39)41(6-3)40-32-26-23-27-33-40/h22-27,30-33,36-37,41H,4-21,28-29,34-35,38H2,1-3H3. The third-order valence-corrected chi connectivity index (χ3v) is 10.2. The largest absolute Gasteiger partial charge is 0.353 e. The molecule has 2 nitrogen and oxygen atoms in total. The number of nitrogens with zero attached hydrogens (tertiary/aromatic N) is 2. The molecule has 1 aliphatic rings. The van der Waals surface area contributed by atoms with Crippen molar-refractivity contribution >= 4 is 0 Å². The third-order valence-electron chi connectivity index (χ3n) is 10.2. The molecule has 0 saturated heterocycles. The van der Waals surface area contributed by atoms with E-state index in [9.17, 15) is 0 Å². The number of rotatable bonds is 26. The fraction of sp³-hybridized carbons (Fsp3) is 0.667. The summed E-state index contributed by atoms with van der Waals surface area (Å²) in [7, 11) is 0. The maximum atomic E-state index is 2.77. The lowest BCUT2D eigenvalue weighted by Gasteiger charge is -2.51. The zero-order valence-corrected chi connectivity index (χ0v) is 29.2. The van der Waals surface area contributed by atoms with E-state index in [1.54, 1.807) is 0 Å². The van der Waals surface area contributed by atoms with Gasteiger partial charge in [0.15, 0.2) is 0 Å². The van der Waals surface area contributed by atoms with Gasteiger partial charge in [-0.15, -0.1) is 0 Å². The second kappa shape index (κ2) is 22.3. The van der Waals surface area contributed by atoms with Crippen molar-refractivity contribution in [1.82, 2.24) is 9.80 Å². The van der Waals surface area contributed by atoms with Gasteiger partial charge in [0, 0.05) is 37.8 Å². The molecule has 2 aromatic rings. The van der Waals surface area contributed by atoms with Crippen molar-refractivity contribution in [2.24, 2.45) is 0 Å². The molecule has 0 bridgehead atoms. The highest BCUT2D eigenvalue weighted by atomic mass is 15.4. The summed E-state index contributed by atoms with van der Waals surface area (Å²) in [5.41, 5.74) is 2.88. The quantitative estimate of drug-likeness (QED) is 0.0991. The second-order valence-corrected chi connectivity index (χ2v) is 13.6. The van der Waals surface area contributed by atoms with Crippen LogP contribution in [0, 0.1) is 0 Å². The van der Waals surface area contributed by atoms with Gasteiger partial charge in [0.1, 0.15) is 5.66 Å². The van der Waals surface area contributed by atoms with E-state index in [0.717, 1.165) is 25.9 Å². The average Bonchev–Trinajstić information content (AvgIpc) is 3.39. The first kappa shape index (κ1) is 36.3. The summed E-state index contributed by atoms with van der Waals surface area (Å²) in [5.74, 6) is 0.445. The zero-order chi connectivity index (χ0) is 31.1. The smallest absolute Gasteiger partial charge is 0.123 e. The Bertz CT molecular complexity index is 970. The van der Waals surface area contributed by atoms with Gasteiger partial charge in [-0.05, 0) is 30.4 Å². The van der Waals surface area contributed by atoms with Gasteiger partial charge in [-0.25, -0.2) is 0 Å². The van der Waals surface area contributed by atoms with Crippen LogP contribution in [0.5, 0.6) is 0 Å². The van der Waals surface area contributed by atoms with Crippen molar-refractivity contribution in [2.75, 3.05) is 13.1 Å². The fourth-order valence-corrected chi connectivity index (χ4v) is 7.62. The molecule has 0 radical (unpaired) electrons. The van der Waals surface area contributed by atoms with Gasteiger partial charge in [-0.2, -0.15) is 0 Å². The first-order valence-corrected chi connectivity index (χ1v) is 19.1. The lowest BCUT2D eigenvalue weighted by atomic mass is 9.78. The van der Waals surface area contributed by atoms with Gasteiger partial charge in [0.25, 0.3) is 0 Å². The molecule has 0 spiro atoms. The molecule has 246 valence electrons. The molecule has 3 rings (SSSR count). The van der Waals surface area contributed by atoms with E-state index in [2.05, 4.69) is 104 Å². The van der Waals surface area contributed by atoms with Crippen LogP contribution in [0.4, 0.5) is 0 Å². The Labute approximate surface area is 273 Å². The van der Waals surface area contributed by atoms with Crippen molar-refractivity contribution in [2.45, 2.75) is 167 Å². The highest BCUT2D eigenvalue weighted by Gasteiger charge is 2.49. The van der Waals surface area contributed by atoms with Crippen LogP contribution >= 0.6 is 0 Å². The fourth-order valence-electron chi connectivity index (χ4n) is 7.62. The van der Waals surface area contributed by atoms with Crippen LogP contribution in [-0.4, -0.2) is 28.6 Å². The van der Waals surface area contributed by atoms with E-state index >= 15 is 0 Å². The van der Waals surface area contributed by atoms with Crippen molar-refractivity contribution in [1.29, 1.82) is 0 Å². The topological polar surface area (TPSA) is 6.48 Å². The normalized spacial score (nSPS) is 17.1. The van der Waals surface area contributed by atoms with Crippen LogP contribution in [0.1, 0.15) is 166 Å². The number of benzene rings is 2. The SMILES string of the molecule is CCCCCCCCCCCCCCCN1C=CN(CCCCCCCC)C1(Cc1ccccc1)C(CC)c1ccccc1. The summed E-state index contributed by atoms with van der Waals surface area (Å²) in [5, 5.41) is 0. The molecular formula is C42H68N2. The summed E-state index contributed by atoms with van der Waals surface area (Å²) in [4.78, 5) is 5.54. The molecule has 0 N–H and O–H groups in total. The Morgan fingerprint density at radius 3 is 1.27 bits per heavy atom. The van der Waals surface area contributed by atoms with Gasteiger partial charge in [0.05, 0.1) is 0 Å². The van der Waals surface area contributed by atoms with Crippen molar-refractivity contribution in [3.8, 4) is 0 Å². The minimum atomic E-state index is -0.0575. The molecule has 0 amide bonds. The molecular weight excluding hydrogens is 532 g/mol. The van der Waals surface area contributed by atoms with Crippen molar-refractivity contribution < 1.29 is 0 Å². The van der Waals surface area contributed by atoms with Crippen LogP contribution in [0.15, 0.2) is 73.1 Å². The molecule has 0 aromatic heterocycles. The van der Waals surface area contributed by atoms with E-state index in [1.807, 2.05) is 0 Å². The van der Waals surface area contributed by atoms with Gasteiger partial charge in [-0.3, -0.25) is 0 Å². The summed E-state index contributed by atoms with van der Waals surface area (Å²) in [6, 6.07) is 22.7. The minimum absolute atomic E-state index is 0.0575. The highest BCUT2D eigenvalue weighted by Crippen LogP contribution is 2.45. The Kier molecular flexibility index (Phi) is 18.4. The first-order chi connectivity index (χ1) is 21.8. The average molecular weight is 601 g/mol. The molecule has 0 fully saturated rings. The molecule has 0 aliphatic carbocycles. The van der Waals surface area contributed by atoms with Crippen LogP contribution in [-0.2, 0) is 6.42 Å². The van der Waals surface area contributed by atoms with Gasteiger partial charge in [0.2, 0.25) is 0 Å². The summed E-state index contributed by atoms with van der Waals surface area (Å²) < 4.78 is 0. The Morgan fingerprint density at radius 2 is 0.864 bits per heavy atom. The van der Waals surface area contributed by atoms with Crippen LogP contribution in [0.3, 0.4) is 0 Å². The molecule has 1 heterocycles. The van der Waals surface area contributed by atoms with E-state index in [1.165, 1.54) is 133 Å². The Morgan fingerprint density at radius 1 is 0.477 bits per heavy atom. The predicted molar refractivity (Wildman–Crippen MR) is 194 cm³/mol. The zero-order valence-electron chi connectivity index (χ0n) is 29.2. The van der Waals surface area contributed by atoms with E-state index < -0.39 is 0 Å². The number of hydrogen-bond acceptors (Lipinski definition) is 2. The lowest BCUT2D eigenvalue weighted by molar-refractivity contribution is -0.00378. The minimum Gasteiger partial charge on any atom is -0.353 e. The van der Waals surface area contributed by atoms with E-state index in [4.69, 9.17) is 0 Å². The molecule has 2 atom stereocenters. The van der Waals surface area contributed by atoms with Crippen LogP contribution in [0.25, 0.3) is 0 Å². The number of hydrogen-bond donors (Lipinski definition) is 0. The predicted octanol–water partition coefficient (Wildman–Crippen LogP) is 12.7.